The third kappa shape index (κ3) is 4.32. The molecule has 0 amide bonds. The molecule has 0 N–H and O–H groups in total. The van der Waals surface area contributed by atoms with Crippen LogP contribution in [-0.4, -0.2) is 0 Å². The van der Waals surface area contributed by atoms with Gasteiger partial charge in [0.05, 0.1) is 17.1 Å². The summed E-state index contributed by atoms with van der Waals surface area (Å²) >= 11 is 0. The van der Waals surface area contributed by atoms with Gasteiger partial charge in [0, 0.05) is 10.8 Å². The molecule has 0 spiro atoms. The van der Waals surface area contributed by atoms with Gasteiger partial charge in [-0.3, -0.25) is 0 Å². The fraction of sp³-hybridized carbons (Fsp3) is 0.0698. The van der Waals surface area contributed by atoms with Crippen molar-refractivity contribution >= 4 is 27.8 Å². The van der Waals surface area contributed by atoms with E-state index in [2.05, 4.69) is 183 Å². The van der Waals surface area contributed by atoms with Crippen LogP contribution in [0.2, 0.25) is 0 Å². The molecule has 0 fully saturated rings. The molecule has 210 valence electrons. The lowest BCUT2D eigenvalue weighted by molar-refractivity contribution is 0.632. The summed E-state index contributed by atoms with van der Waals surface area (Å²) in [6.07, 6.45) is 0. The normalized spacial score (nSPS) is 13.4. The van der Waals surface area contributed by atoms with Gasteiger partial charge in [-0.05, 0) is 80.2 Å². The Hall–Kier alpha value is -5.40. The zero-order valence-corrected chi connectivity index (χ0v) is 25.0. The molecule has 1 heterocycles. The minimum atomic E-state index is -0.212. The zero-order valence-electron chi connectivity index (χ0n) is 25.0. The van der Waals surface area contributed by atoms with Gasteiger partial charge in [0.25, 0.3) is 0 Å². The van der Waals surface area contributed by atoms with Gasteiger partial charge in [0.1, 0.15) is 0 Å². The van der Waals surface area contributed by atoms with Gasteiger partial charge in [-0.2, -0.15) is 0 Å². The first kappa shape index (κ1) is 26.2. The summed E-state index contributed by atoms with van der Waals surface area (Å²) in [6.45, 7) is 4.75. The predicted octanol–water partition coefficient (Wildman–Crippen LogP) is 11.9. The van der Waals surface area contributed by atoms with Crippen molar-refractivity contribution in [3.05, 3.63) is 175 Å². The highest BCUT2D eigenvalue weighted by Crippen LogP contribution is 2.54. The molecule has 0 saturated heterocycles. The van der Waals surface area contributed by atoms with Crippen LogP contribution in [0.4, 0.5) is 17.1 Å². The highest BCUT2D eigenvalue weighted by molar-refractivity contribution is 6.01. The molecule has 1 nitrogen and oxygen atoms in total. The number of rotatable bonds is 4. The van der Waals surface area contributed by atoms with E-state index in [9.17, 15) is 0 Å². The summed E-state index contributed by atoms with van der Waals surface area (Å²) in [7, 11) is 0. The molecule has 7 aromatic carbocycles. The van der Waals surface area contributed by atoms with E-state index in [0.29, 0.717) is 0 Å². The SMILES string of the molecule is CC1(C)c2cc(-c3ccccc3)ccc2N(c2cccc3ccccc23)c2ccc(-c3ccc(-c4ccccc4)cc3)cc21. The quantitative estimate of drug-likeness (QED) is 0.206. The van der Waals surface area contributed by atoms with E-state index in [1.807, 2.05) is 0 Å². The lowest BCUT2D eigenvalue weighted by Crippen LogP contribution is -2.30. The average Bonchev–Trinajstić information content (AvgIpc) is 3.09. The van der Waals surface area contributed by atoms with Crippen molar-refractivity contribution in [2.45, 2.75) is 19.3 Å². The van der Waals surface area contributed by atoms with Crippen molar-refractivity contribution in [2.24, 2.45) is 0 Å². The first-order valence-corrected chi connectivity index (χ1v) is 15.4. The number of hydrogen-bond acceptors (Lipinski definition) is 1. The molecule has 0 unspecified atom stereocenters. The maximum atomic E-state index is 2.48. The van der Waals surface area contributed by atoms with Gasteiger partial charge in [-0.25, -0.2) is 0 Å². The standard InChI is InChI=1S/C43H33N/c1-43(2)38-28-35(31-14-7-4-8-15-31)24-26-41(38)44(40-19-11-17-34-16-9-10-18-37(34)40)42-27-25-36(29-39(42)43)33-22-20-32(21-23-33)30-12-5-3-6-13-30/h3-29H,1-2H3. The molecule has 0 saturated carbocycles. The monoisotopic (exact) mass is 563 g/mol. The van der Waals surface area contributed by atoms with E-state index in [1.54, 1.807) is 0 Å². The highest BCUT2D eigenvalue weighted by Gasteiger charge is 2.37. The second-order valence-electron chi connectivity index (χ2n) is 12.2. The van der Waals surface area contributed by atoms with Crippen LogP contribution in [0.25, 0.3) is 44.2 Å². The Morgan fingerprint density at radius 1 is 0.364 bits per heavy atom. The molecule has 0 radical (unpaired) electrons. The van der Waals surface area contributed by atoms with E-state index in [0.717, 1.165) is 0 Å². The van der Waals surface area contributed by atoms with Crippen LogP contribution in [0.5, 0.6) is 0 Å². The molecule has 0 aromatic heterocycles. The topological polar surface area (TPSA) is 3.24 Å². The van der Waals surface area contributed by atoms with Crippen molar-refractivity contribution in [3.63, 3.8) is 0 Å². The van der Waals surface area contributed by atoms with Crippen LogP contribution in [0, 0.1) is 0 Å². The predicted molar refractivity (Wildman–Crippen MR) is 187 cm³/mol. The van der Waals surface area contributed by atoms with Gasteiger partial charge < -0.3 is 4.90 Å². The van der Waals surface area contributed by atoms with Crippen LogP contribution in [0.1, 0.15) is 25.0 Å². The molecular formula is C43H33N. The average molecular weight is 564 g/mol. The van der Waals surface area contributed by atoms with Crippen molar-refractivity contribution in [1.29, 1.82) is 0 Å². The van der Waals surface area contributed by atoms with Gasteiger partial charge in [0.15, 0.2) is 0 Å². The van der Waals surface area contributed by atoms with Gasteiger partial charge in [-0.15, -0.1) is 0 Å². The smallest absolute Gasteiger partial charge is 0.0540 e. The minimum Gasteiger partial charge on any atom is -0.309 e. The fourth-order valence-electron chi connectivity index (χ4n) is 6.88. The van der Waals surface area contributed by atoms with Crippen LogP contribution in [0.15, 0.2) is 164 Å². The molecule has 0 aliphatic carbocycles. The van der Waals surface area contributed by atoms with Gasteiger partial charge in [-0.1, -0.05) is 147 Å². The minimum absolute atomic E-state index is 0.212. The van der Waals surface area contributed by atoms with Crippen LogP contribution >= 0.6 is 0 Å². The molecule has 1 heteroatoms. The summed E-state index contributed by atoms with van der Waals surface area (Å²) in [5, 5.41) is 2.49. The third-order valence-corrected chi connectivity index (χ3v) is 9.26. The second kappa shape index (κ2) is 10.4. The van der Waals surface area contributed by atoms with Crippen molar-refractivity contribution in [1.82, 2.24) is 0 Å². The maximum Gasteiger partial charge on any atom is 0.0540 e. The van der Waals surface area contributed by atoms with E-state index in [-0.39, 0.29) is 5.41 Å². The number of anilines is 3. The van der Waals surface area contributed by atoms with Crippen LogP contribution in [0.3, 0.4) is 0 Å². The summed E-state index contributed by atoms with van der Waals surface area (Å²) in [4.78, 5) is 2.48. The molecule has 0 atom stereocenters. The van der Waals surface area contributed by atoms with Gasteiger partial charge in [0.2, 0.25) is 0 Å². The third-order valence-electron chi connectivity index (χ3n) is 9.26. The second-order valence-corrected chi connectivity index (χ2v) is 12.2. The lowest BCUT2D eigenvalue weighted by atomic mass is 9.72. The molecule has 8 rings (SSSR count). The Bertz CT molecular complexity index is 2120. The van der Waals surface area contributed by atoms with Crippen LogP contribution in [-0.2, 0) is 5.41 Å². The van der Waals surface area contributed by atoms with Crippen molar-refractivity contribution < 1.29 is 0 Å². The van der Waals surface area contributed by atoms with Crippen molar-refractivity contribution in [3.8, 4) is 33.4 Å². The Morgan fingerprint density at radius 3 is 1.39 bits per heavy atom. The summed E-state index contributed by atoms with van der Waals surface area (Å²) < 4.78 is 0. The first-order valence-electron chi connectivity index (χ1n) is 15.4. The first-order chi connectivity index (χ1) is 21.6. The molecule has 7 aromatic rings. The number of nitrogens with zero attached hydrogens (tertiary/aromatic N) is 1. The number of hydrogen-bond donors (Lipinski definition) is 0. The molecule has 1 aliphatic rings. The Kier molecular flexibility index (Phi) is 6.20. The fourth-order valence-corrected chi connectivity index (χ4v) is 6.88. The summed E-state index contributed by atoms with van der Waals surface area (Å²) in [6, 6.07) is 59.7. The number of fused-ring (bicyclic) bond motifs is 3. The van der Waals surface area contributed by atoms with E-state index >= 15 is 0 Å². The largest absolute Gasteiger partial charge is 0.309 e. The Labute approximate surface area is 259 Å². The molecule has 44 heavy (non-hydrogen) atoms. The van der Waals surface area contributed by atoms with Gasteiger partial charge >= 0.3 is 0 Å². The van der Waals surface area contributed by atoms with E-state index in [1.165, 1.54) is 72.3 Å². The molecule has 1 aliphatic heterocycles. The molecule has 0 bridgehead atoms. The Morgan fingerprint density at radius 2 is 0.795 bits per heavy atom. The highest BCUT2D eigenvalue weighted by atomic mass is 15.2. The lowest BCUT2D eigenvalue weighted by Gasteiger charge is -2.43. The number of benzene rings is 7. The maximum absolute atomic E-state index is 2.48. The summed E-state index contributed by atoms with van der Waals surface area (Å²) in [5.41, 5.74) is 13.5. The Balaban J connectivity index is 1.32. The van der Waals surface area contributed by atoms with Crippen molar-refractivity contribution in [2.75, 3.05) is 4.90 Å². The molecular weight excluding hydrogens is 530 g/mol. The zero-order chi connectivity index (χ0) is 29.7. The van der Waals surface area contributed by atoms with E-state index in [4.69, 9.17) is 0 Å². The van der Waals surface area contributed by atoms with E-state index < -0.39 is 0 Å². The summed E-state index contributed by atoms with van der Waals surface area (Å²) in [5.74, 6) is 0. The van der Waals surface area contributed by atoms with Crippen LogP contribution < -0.4 is 4.90 Å².